The molecule has 0 fully saturated rings. The zero-order valence-corrected chi connectivity index (χ0v) is 9.19. The lowest BCUT2D eigenvalue weighted by atomic mass is 9.94. The monoisotopic (exact) mass is 226 g/mol. The molecule has 1 rings (SSSR count). The molecule has 0 spiro atoms. The minimum absolute atomic E-state index is 0.450. The highest BCUT2D eigenvalue weighted by atomic mass is 16.5. The van der Waals surface area contributed by atoms with Crippen LogP contribution in [0.2, 0.25) is 0 Å². The van der Waals surface area contributed by atoms with E-state index in [9.17, 15) is 5.11 Å². The number of nitrogens with zero attached hydrogens (tertiary/aromatic N) is 1. The Hall–Kier alpha value is -1.01. The average Bonchev–Trinajstić information content (AvgIpc) is 2.28. The molecular formula is C11H18N2O3. The van der Waals surface area contributed by atoms with E-state index in [0.717, 1.165) is 5.56 Å². The van der Waals surface area contributed by atoms with Gasteiger partial charge in [0.2, 0.25) is 0 Å². The minimum atomic E-state index is -1.56. The van der Waals surface area contributed by atoms with Crippen molar-refractivity contribution in [3.05, 3.63) is 30.1 Å². The zero-order valence-electron chi connectivity index (χ0n) is 9.19. The third-order valence-corrected chi connectivity index (χ3v) is 2.64. The van der Waals surface area contributed by atoms with Gasteiger partial charge in [0.25, 0.3) is 0 Å². The molecule has 0 aliphatic heterocycles. The molecule has 0 aliphatic rings. The summed E-state index contributed by atoms with van der Waals surface area (Å²) < 4.78 is 0. The van der Waals surface area contributed by atoms with Crippen LogP contribution in [-0.4, -0.2) is 38.7 Å². The average molecular weight is 226 g/mol. The van der Waals surface area contributed by atoms with E-state index in [1.807, 2.05) is 6.07 Å². The Bertz CT molecular complexity index is 305. The van der Waals surface area contributed by atoms with E-state index in [-0.39, 0.29) is 0 Å². The van der Waals surface area contributed by atoms with Gasteiger partial charge >= 0.3 is 0 Å². The number of aliphatic hydroxyl groups excluding tert-OH is 2. The van der Waals surface area contributed by atoms with E-state index >= 15 is 0 Å². The second-order valence-electron chi connectivity index (χ2n) is 3.99. The van der Waals surface area contributed by atoms with Crippen molar-refractivity contribution in [1.29, 1.82) is 0 Å². The number of aromatic nitrogens is 1. The molecule has 0 unspecified atom stereocenters. The molecule has 5 heteroatoms. The second-order valence-corrected chi connectivity index (χ2v) is 3.99. The summed E-state index contributed by atoms with van der Waals surface area (Å²) in [5.41, 5.74) is 6.70. The summed E-state index contributed by atoms with van der Waals surface area (Å²) in [5.74, 6) is -0.674. The molecular weight excluding hydrogens is 208 g/mol. The number of rotatable bonds is 5. The van der Waals surface area contributed by atoms with E-state index in [2.05, 4.69) is 4.98 Å². The van der Waals surface area contributed by atoms with Crippen molar-refractivity contribution in [2.24, 2.45) is 11.7 Å². The molecule has 0 saturated heterocycles. The normalized spacial score (nSPS) is 17.1. The highest BCUT2D eigenvalue weighted by Crippen LogP contribution is 2.12. The van der Waals surface area contributed by atoms with Crippen LogP contribution in [0, 0.1) is 5.92 Å². The highest BCUT2D eigenvalue weighted by Gasteiger charge is 2.26. The summed E-state index contributed by atoms with van der Waals surface area (Å²) in [7, 11) is 0. The molecule has 0 amide bonds. The van der Waals surface area contributed by atoms with Crippen LogP contribution in [0.25, 0.3) is 0 Å². The van der Waals surface area contributed by atoms with Crippen LogP contribution in [0.1, 0.15) is 12.5 Å². The Morgan fingerprint density at radius 2 is 2.06 bits per heavy atom. The van der Waals surface area contributed by atoms with Gasteiger partial charge in [-0.15, -0.1) is 0 Å². The number of hydrogen-bond acceptors (Lipinski definition) is 5. The third kappa shape index (κ3) is 3.53. The first kappa shape index (κ1) is 13.1. The first-order valence-electron chi connectivity index (χ1n) is 5.21. The summed E-state index contributed by atoms with van der Waals surface area (Å²) >= 11 is 0. The molecule has 0 radical (unpaired) electrons. The molecule has 1 aromatic rings. The van der Waals surface area contributed by atoms with Gasteiger partial charge in [0.15, 0.2) is 6.29 Å². The van der Waals surface area contributed by atoms with Crippen molar-refractivity contribution < 1.29 is 15.3 Å². The SMILES string of the molecule is C[C@@H](C(O)O)[C@H](O)[C@@H](N)Cc1cccnc1. The van der Waals surface area contributed by atoms with E-state index < -0.39 is 24.4 Å². The Morgan fingerprint density at radius 3 is 2.56 bits per heavy atom. The Labute approximate surface area is 94.6 Å². The van der Waals surface area contributed by atoms with Crippen LogP contribution in [0.15, 0.2) is 24.5 Å². The zero-order chi connectivity index (χ0) is 12.1. The lowest BCUT2D eigenvalue weighted by molar-refractivity contribution is -0.115. The predicted molar refractivity (Wildman–Crippen MR) is 59.3 cm³/mol. The van der Waals surface area contributed by atoms with Crippen molar-refractivity contribution in [2.75, 3.05) is 0 Å². The maximum Gasteiger partial charge on any atom is 0.156 e. The van der Waals surface area contributed by atoms with Crippen LogP contribution in [0.3, 0.4) is 0 Å². The lowest BCUT2D eigenvalue weighted by Gasteiger charge is -2.25. The van der Waals surface area contributed by atoms with E-state index in [0.29, 0.717) is 6.42 Å². The summed E-state index contributed by atoms with van der Waals surface area (Å²) in [6.07, 6.45) is 1.26. The number of aliphatic hydroxyl groups is 3. The van der Waals surface area contributed by atoms with Gasteiger partial charge < -0.3 is 21.1 Å². The van der Waals surface area contributed by atoms with Gasteiger partial charge in [-0.2, -0.15) is 0 Å². The molecule has 16 heavy (non-hydrogen) atoms. The van der Waals surface area contributed by atoms with E-state index in [1.54, 1.807) is 25.4 Å². The fraction of sp³-hybridized carbons (Fsp3) is 0.545. The molecule has 0 bridgehead atoms. The first-order valence-corrected chi connectivity index (χ1v) is 5.21. The second kappa shape index (κ2) is 5.91. The van der Waals surface area contributed by atoms with Gasteiger partial charge in [-0.05, 0) is 18.1 Å². The molecule has 1 aromatic heterocycles. The molecule has 3 atom stereocenters. The van der Waals surface area contributed by atoms with Gasteiger partial charge in [0.1, 0.15) is 0 Å². The van der Waals surface area contributed by atoms with Crippen LogP contribution in [0.4, 0.5) is 0 Å². The maximum atomic E-state index is 9.75. The van der Waals surface area contributed by atoms with Crippen molar-refractivity contribution in [1.82, 2.24) is 4.98 Å². The van der Waals surface area contributed by atoms with Gasteiger partial charge in [-0.1, -0.05) is 13.0 Å². The number of nitrogens with two attached hydrogens (primary N) is 1. The molecule has 0 aromatic carbocycles. The summed E-state index contributed by atoms with van der Waals surface area (Å²) in [6, 6.07) is 3.11. The Morgan fingerprint density at radius 1 is 1.38 bits per heavy atom. The predicted octanol–water partition coefficient (Wildman–Crippen LogP) is -0.741. The van der Waals surface area contributed by atoms with Gasteiger partial charge in [0, 0.05) is 24.4 Å². The minimum Gasteiger partial charge on any atom is -0.391 e. The first-order chi connectivity index (χ1) is 7.52. The molecule has 90 valence electrons. The van der Waals surface area contributed by atoms with Crippen LogP contribution < -0.4 is 5.73 Å². The summed E-state index contributed by atoms with van der Waals surface area (Å²) in [4.78, 5) is 3.94. The van der Waals surface area contributed by atoms with Gasteiger partial charge in [-0.3, -0.25) is 4.98 Å². The smallest absolute Gasteiger partial charge is 0.156 e. The lowest BCUT2D eigenvalue weighted by Crippen LogP contribution is -2.44. The maximum absolute atomic E-state index is 9.75. The Kier molecular flexibility index (Phi) is 4.82. The van der Waals surface area contributed by atoms with Gasteiger partial charge in [-0.25, -0.2) is 0 Å². The molecule has 1 heterocycles. The van der Waals surface area contributed by atoms with Crippen molar-refractivity contribution in [3.8, 4) is 0 Å². The Balaban J connectivity index is 2.55. The summed E-state index contributed by atoms with van der Waals surface area (Å²) in [5, 5.41) is 27.6. The van der Waals surface area contributed by atoms with Gasteiger partial charge in [0.05, 0.1) is 6.10 Å². The standard InChI is InChI=1S/C11H18N2O3/c1-7(11(15)16)10(14)9(12)5-8-3-2-4-13-6-8/h2-4,6-7,9-11,14-16H,5,12H2,1H3/t7-,9+,10+/m1/s1. The van der Waals surface area contributed by atoms with E-state index in [1.165, 1.54) is 0 Å². The largest absolute Gasteiger partial charge is 0.391 e. The number of pyridine rings is 1. The van der Waals surface area contributed by atoms with Crippen molar-refractivity contribution in [2.45, 2.75) is 31.8 Å². The van der Waals surface area contributed by atoms with Crippen molar-refractivity contribution >= 4 is 0 Å². The van der Waals surface area contributed by atoms with E-state index in [4.69, 9.17) is 15.9 Å². The molecule has 0 aliphatic carbocycles. The summed E-state index contributed by atoms with van der Waals surface area (Å²) in [6.45, 7) is 1.54. The highest BCUT2D eigenvalue weighted by molar-refractivity contribution is 5.10. The van der Waals surface area contributed by atoms with Crippen LogP contribution >= 0.6 is 0 Å². The fourth-order valence-electron chi connectivity index (χ4n) is 1.48. The molecule has 5 nitrogen and oxygen atoms in total. The van der Waals surface area contributed by atoms with Crippen LogP contribution in [-0.2, 0) is 6.42 Å². The topological polar surface area (TPSA) is 99.6 Å². The number of hydrogen-bond donors (Lipinski definition) is 4. The van der Waals surface area contributed by atoms with Crippen molar-refractivity contribution in [3.63, 3.8) is 0 Å². The fourth-order valence-corrected chi connectivity index (χ4v) is 1.48. The van der Waals surface area contributed by atoms with Crippen LogP contribution in [0.5, 0.6) is 0 Å². The molecule has 0 saturated carbocycles. The third-order valence-electron chi connectivity index (χ3n) is 2.64. The molecule has 5 N–H and O–H groups in total. The quantitative estimate of drug-likeness (QED) is 0.495.